The maximum atomic E-state index is 12.5. The summed E-state index contributed by atoms with van der Waals surface area (Å²) >= 11 is 5.84. The number of carbonyl (C=O) groups is 1. The van der Waals surface area contributed by atoms with Crippen molar-refractivity contribution in [3.8, 4) is 22.6 Å². The van der Waals surface area contributed by atoms with E-state index in [9.17, 15) is 4.79 Å². The van der Waals surface area contributed by atoms with Gasteiger partial charge >= 0.3 is 0 Å². The molecule has 0 atom stereocenters. The number of ether oxygens (including phenoxy) is 2. The number of pyridine rings is 1. The summed E-state index contributed by atoms with van der Waals surface area (Å²) in [6.07, 6.45) is 4.69. The first-order valence-corrected chi connectivity index (χ1v) is 10.2. The number of allylic oxidation sites excluding steroid dienone is 1. The summed E-state index contributed by atoms with van der Waals surface area (Å²) in [4.78, 5) is 16.6. The first-order valence-electron chi connectivity index (χ1n) is 9.83. The molecule has 0 saturated carbocycles. The fourth-order valence-corrected chi connectivity index (χ4v) is 3.54. The average molecular weight is 449 g/mol. The third-order valence-corrected chi connectivity index (χ3v) is 5.25. The lowest BCUT2D eigenvalue weighted by atomic mass is 9.99. The predicted octanol–water partition coefficient (Wildman–Crippen LogP) is 6.21. The Morgan fingerprint density at radius 3 is 2.69 bits per heavy atom. The zero-order chi connectivity index (χ0) is 22.7. The van der Waals surface area contributed by atoms with Gasteiger partial charge in [0.25, 0.3) is 0 Å². The highest BCUT2D eigenvalue weighted by Gasteiger charge is 2.15. The maximum absolute atomic E-state index is 12.5. The van der Waals surface area contributed by atoms with Gasteiger partial charge in [-0.2, -0.15) is 0 Å². The molecule has 6 nitrogen and oxygen atoms in total. The number of anilines is 1. The Balaban J connectivity index is 1.71. The van der Waals surface area contributed by atoms with Crippen molar-refractivity contribution in [1.82, 2.24) is 4.98 Å². The van der Waals surface area contributed by atoms with Gasteiger partial charge in [0, 0.05) is 34.9 Å². The van der Waals surface area contributed by atoms with Gasteiger partial charge in [-0.05, 0) is 48.4 Å². The van der Waals surface area contributed by atoms with E-state index in [0.717, 1.165) is 33.4 Å². The first-order chi connectivity index (χ1) is 15.5. The zero-order valence-corrected chi connectivity index (χ0v) is 18.6. The fraction of sp³-hybridized carbons (Fsp3) is 0.120. The molecule has 0 aliphatic heterocycles. The lowest BCUT2D eigenvalue weighted by Gasteiger charge is -2.10. The van der Waals surface area contributed by atoms with Gasteiger partial charge in [0.05, 0.1) is 25.5 Å². The summed E-state index contributed by atoms with van der Waals surface area (Å²) in [5, 5.41) is 4.14. The average Bonchev–Trinajstić information content (AvgIpc) is 3.22. The summed E-state index contributed by atoms with van der Waals surface area (Å²) in [5.41, 5.74) is 4.08. The van der Waals surface area contributed by atoms with Crippen molar-refractivity contribution in [3.63, 3.8) is 0 Å². The largest absolute Gasteiger partial charge is 0.497 e. The van der Waals surface area contributed by atoms with Gasteiger partial charge in [-0.3, -0.25) is 4.79 Å². The number of halogens is 1. The van der Waals surface area contributed by atoms with E-state index in [4.69, 9.17) is 25.5 Å². The van der Waals surface area contributed by atoms with Gasteiger partial charge in [-0.1, -0.05) is 23.7 Å². The van der Waals surface area contributed by atoms with Crippen LogP contribution in [0.15, 0.2) is 71.5 Å². The Hall–Kier alpha value is -3.77. The van der Waals surface area contributed by atoms with E-state index in [0.29, 0.717) is 22.2 Å². The van der Waals surface area contributed by atoms with Gasteiger partial charge in [0.1, 0.15) is 22.9 Å². The highest BCUT2D eigenvalue weighted by Crippen LogP contribution is 2.38. The van der Waals surface area contributed by atoms with E-state index < -0.39 is 0 Å². The number of hydrogen-bond donors (Lipinski definition) is 1. The highest BCUT2D eigenvalue weighted by molar-refractivity contribution is 6.30. The van der Waals surface area contributed by atoms with Crippen molar-refractivity contribution in [2.75, 3.05) is 19.5 Å². The van der Waals surface area contributed by atoms with Crippen LogP contribution in [0.3, 0.4) is 0 Å². The Labute approximate surface area is 190 Å². The SMILES string of the molecule is COc1cccc(-c2coc3cc(OC)c(/C(C)=C/C(=O)Nc4ccc(Cl)cn4)cc23)c1. The molecule has 2 heterocycles. The van der Waals surface area contributed by atoms with Gasteiger partial charge in [-0.15, -0.1) is 0 Å². The Kier molecular flexibility index (Phi) is 6.14. The zero-order valence-electron chi connectivity index (χ0n) is 17.8. The van der Waals surface area contributed by atoms with Crippen molar-refractivity contribution in [1.29, 1.82) is 0 Å². The predicted molar refractivity (Wildman–Crippen MR) is 126 cm³/mol. The van der Waals surface area contributed by atoms with E-state index in [1.807, 2.05) is 43.3 Å². The van der Waals surface area contributed by atoms with Crippen molar-refractivity contribution >= 4 is 39.9 Å². The lowest BCUT2D eigenvalue weighted by molar-refractivity contribution is -0.111. The first kappa shape index (κ1) is 21.5. The molecular formula is C25H21ClN2O4. The molecule has 2 aromatic heterocycles. The number of fused-ring (bicyclic) bond motifs is 1. The molecule has 1 amide bonds. The number of carbonyl (C=O) groups excluding carboxylic acids is 1. The minimum atomic E-state index is -0.306. The summed E-state index contributed by atoms with van der Waals surface area (Å²) < 4.78 is 16.7. The number of benzene rings is 2. The van der Waals surface area contributed by atoms with Crippen LogP contribution in [0.4, 0.5) is 5.82 Å². The van der Waals surface area contributed by atoms with E-state index in [-0.39, 0.29) is 5.91 Å². The molecule has 162 valence electrons. The summed E-state index contributed by atoms with van der Waals surface area (Å²) in [6, 6.07) is 14.9. The molecule has 0 bridgehead atoms. The number of nitrogens with one attached hydrogen (secondary N) is 1. The van der Waals surface area contributed by atoms with Crippen LogP contribution in [0.2, 0.25) is 5.02 Å². The minimum absolute atomic E-state index is 0.306. The molecule has 0 fully saturated rings. The standard InChI is InChI=1S/C25H21ClN2O4/c1-15(9-25(29)28-24-8-7-17(26)13-27-24)19-11-20-21(14-32-23(20)12-22(19)31-3)16-5-4-6-18(10-16)30-2/h4-14H,1-3H3,(H,27,28,29)/b15-9+. The summed E-state index contributed by atoms with van der Waals surface area (Å²) in [7, 11) is 3.22. The van der Waals surface area contributed by atoms with Crippen LogP contribution in [-0.4, -0.2) is 25.1 Å². The lowest BCUT2D eigenvalue weighted by Crippen LogP contribution is -2.09. The van der Waals surface area contributed by atoms with Crippen molar-refractivity contribution in [2.45, 2.75) is 6.92 Å². The van der Waals surface area contributed by atoms with E-state index >= 15 is 0 Å². The molecular weight excluding hydrogens is 428 g/mol. The molecule has 1 N–H and O–H groups in total. The number of amides is 1. The fourth-order valence-electron chi connectivity index (χ4n) is 3.43. The Bertz CT molecular complexity index is 1310. The number of nitrogens with zero attached hydrogens (tertiary/aromatic N) is 1. The maximum Gasteiger partial charge on any atom is 0.249 e. The number of methoxy groups -OCH3 is 2. The normalized spacial score (nSPS) is 11.4. The second-order valence-corrected chi connectivity index (χ2v) is 7.54. The summed E-state index contributed by atoms with van der Waals surface area (Å²) in [5.74, 6) is 1.48. The monoisotopic (exact) mass is 448 g/mol. The quantitative estimate of drug-likeness (QED) is 0.355. The smallest absolute Gasteiger partial charge is 0.249 e. The van der Waals surface area contributed by atoms with Crippen LogP contribution in [0.1, 0.15) is 12.5 Å². The van der Waals surface area contributed by atoms with Crippen molar-refractivity contribution < 1.29 is 18.7 Å². The van der Waals surface area contributed by atoms with Crippen LogP contribution in [-0.2, 0) is 4.79 Å². The van der Waals surface area contributed by atoms with Crippen LogP contribution in [0.25, 0.3) is 27.7 Å². The van der Waals surface area contributed by atoms with Crippen LogP contribution < -0.4 is 14.8 Å². The van der Waals surface area contributed by atoms with Crippen LogP contribution >= 0.6 is 11.6 Å². The molecule has 0 spiro atoms. The molecule has 2 aromatic carbocycles. The third-order valence-electron chi connectivity index (χ3n) is 5.03. The molecule has 0 aliphatic carbocycles. The molecule has 0 unspecified atom stereocenters. The van der Waals surface area contributed by atoms with Crippen molar-refractivity contribution in [3.05, 3.63) is 77.7 Å². The Morgan fingerprint density at radius 1 is 1.12 bits per heavy atom. The number of rotatable bonds is 6. The number of hydrogen-bond acceptors (Lipinski definition) is 5. The second kappa shape index (κ2) is 9.16. The topological polar surface area (TPSA) is 73.6 Å². The van der Waals surface area contributed by atoms with Gasteiger partial charge in [0.2, 0.25) is 5.91 Å². The Morgan fingerprint density at radius 2 is 1.97 bits per heavy atom. The van der Waals surface area contributed by atoms with Crippen LogP contribution in [0.5, 0.6) is 11.5 Å². The van der Waals surface area contributed by atoms with Gasteiger partial charge < -0.3 is 19.2 Å². The molecule has 7 heteroatoms. The summed E-state index contributed by atoms with van der Waals surface area (Å²) in [6.45, 7) is 1.85. The molecule has 4 aromatic rings. The van der Waals surface area contributed by atoms with Gasteiger partial charge in [-0.25, -0.2) is 4.98 Å². The highest BCUT2D eigenvalue weighted by atomic mass is 35.5. The molecule has 32 heavy (non-hydrogen) atoms. The van der Waals surface area contributed by atoms with Crippen molar-refractivity contribution in [2.24, 2.45) is 0 Å². The molecule has 0 aliphatic rings. The van der Waals surface area contributed by atoms with E-state index in [1.54, 1.807) is 32.6 Å². The third kappa shape index (κ3) is 4.45. The number of aromatic nitrogens is 1. The second-order valence-electron chi connectivity index (χ2n) is 7.11. The molecule has 0 saturated heterocycles. The minimum Gasteiger partial charge on any atom is -0.497 e. The van der Waals surface area contributed by atoms with Gasteiger partial charge in [0.15, 0.2) is 0 Å². The molecule has 0 radical (unpaired) electrons. The van der Waals surface area contributed by atoms with Crippen LogP contribution in [0, 0.1) is 0 Å². The van der Waals surface area contributed by atoms with E-state index in [1.165, 1.54) is 12.3 Å². The number of furan rings is 1. The molecule has 4 rings (SSSR count). The van der Waals surface area contributed by atoms with E-state index in [2.05, 4.69) is 10.3 Å².